The highest BCUT2D eigenvalue weighted by atomic mass is 16.4. The molecule has 0 unspecified atom stereocenters. The van der Waals surface area contributed by atoms with Gasteiger partial charge in [0.15, 0.2) is 0 Å². The minimum Gasteiger partial charge on any atom is -0.431 e. The summed E-state index contributed by atoms with van der Waals surface area (Å²) in [6.07, 6.45) is 7.49. The molecule has 0 radical (unpaired) electrons. The Morgan fingerprint density at radius 3 is 2.59 bits per heavy atom. The number of aliphatic hydroxyl groups is 3. The standard InChI is InChI=1S/C24H34O5/c1-22-9-7-16(25)11-15(22)4-5-18-21(22)19(26)12-23(2)17(8-10-24(18,23)28)14-3-6-20(27)29-13-14/h3,6,13,15-19,21,25-26,28H,4-5,7-12H2,1-2H3/t15-,16+,17-,18+,19-,21-,22+,23-,24+/m1/s1. The summed E-state index contributed by atoms with van der Waals surface area (Å²) in [7, 11) is 0. The molecular formula is C24H34O5. The zero-order chi connectivity index (χ0) is 20.6. The van der Waals surface area contributed by atoms with E-state index < -0.39 is 17.1 Å². The van der Waals surface area contributed by atoms with Gasteiger partial charge >= 0.3 is 5.63 Å². The van der Waals surface area contributed by atoms with Crippen LogP contribution in [0.25, 0.3) is 0 Å². The van der Waals surface area contributed by atoms with E-state index >= 15 is 0 Å². The minimum absolute atomic E-state index is 0.0176. The molecule has 5 heteroatoms. The second-order valence-electron chi connectivity index (χ2n) is 10.9. The molecular weight excluding hydrogens is 368 g/mol. The highest BCUT2D eigenvalue weighted by Gasteiger charge is 2.69. The maximum atomic E-state index is 12.2. The van der Waals surface area contributed by atoms with Crippen molar-refractivity contribution >= 4 is 0 Å². The molecule has 5 rings (SSSR count). The third-order valence-corrected chi connectivity index (χ3v) is 9.89. The molecule has 0 spiro atoms. The molecule has 0 aliphatic heterocycles. The molecule has 0 bridgehead atoms. The lowest BCUT2D eigenvalue weighted by atomic mass is 9.42. The average molecular weight is 403 g/mol. The lowest BCUT2D eigenvalue weighted by Crippen LogP contribution is -2.66. The molecule has 9 atom stereocenters. The van der Waals surface area contributed by atoms with Crippen molar-refractivity contribution in [1.82, 2.24) is 0 Å². The molecule has 1 aromatic rings. The van der Waals surface area contributed by atoms with Gasteiger partial charge in [-0.15, -0.1) is 0 Å². The van der Waals surface area contributed by atoms with E-state index in [-0.39, 0.29) is 34.9 Å². The number of fused-ring (bicyclic) bond motifs is 5. The lowest BCUT2D eigenvalue weighted by molar-refractivity contribution is -0.239. The maximum Gasteiger partial charge on any atom is 0.335 e. The summed E-state index contributed by atoms with van der Waals surface area (Å²) in [5.74, 6) is 0.662. The molecule has 3 N–H and O–H groups in total. The molecule has 29 heavy (non-hydrogen) atoms. The Morgan fingerprint density at radius 1 is 1.07 bits per heavy atom. The van der Waals surface area contributed by atoms with E-state index in [2.05, 4.69) is 13.8 Å². The average Bonchev–Trinajstić information content (AvgIpc) is 2.94. The van der Waals surface area contributed by atoms with Gasteiger partial charge in [-0.1, -0.05) is 13.8 Å². The van der Waals surface area contributed by atoms with E-state index in [1.807, 2.05) is 6.07 Å². The number of rotatable bonds is 1. The van der Waals surface area contributed by atoms with Crippen LogP contribution in [-0.2, 0) is 0 Å². The van der Waals surface area contributed by atoms with Gasteiger partial charge in [0.05, 0.1) is 24.1 Å². The first kappa shape index (κ1) is 19.8. The minimum atomic E-state index is -0.818. The Bertz CT molecular complexity index is 829. The number of hydrogen-bond donors (Lipinski definition) is 3. The van der Waals surface area contributed by atoms with Crippen molar-refractivity contribution in [3.63, 3.8) is 0 Å². The first-order chi connectivity index (χ1) is 13.7. The molecule has 4 fully saturated rings. The Kier molecular flexibility index (Phi) is 4.37. The van der Waals surface area contributed by atoms with Gasteiger partial charge in [-0.2, -0.15) is 0 Å². The largest absolute Gasteiger partial charge is 0.431 e. The summed E-state index contributed by atoms with van der Waals surface area (Å²) >= 11 is 0. The molecule has 4 aliphatic carbocycles. The van der Waals surface area contributed by atoms with Gasteiger partial charge in [0.25, 0.3) is 0 Å². The van der Waals surface area contributed by atoms with E-state index in [4.69, 9.17) is 4.42 Å². The van der Waals surface area contributed by atoms with Gasteiger partial charge < -0.3 is 19.7 Å². The summed E-state index contributed by atoms with van der Waals surface area (Å²) < 4.78 is 5.14. The predicted molar refractivity (Wildman–Crippen MR) is 108 cm³/mol. The smallest absolute Gasteiger partial charge is 0.335 e. The summed E-state index contributed by atoms with van der Waals surface area (Å²) in [6.45, 7) is 4.43. The zero-order valence-electron chi connectivity index (χ0n) is 17.5. The van der Waals surface area contributed by atoms with E-state index in [9.17, 15) is 20.1 Å². The highest BCUT2D eigenvalue weighted by molar-refractivity contribution is 5.28. The van der Waals surface area contributed by atoms with Crippen LogP contribution >= 0.6 is 0 Å². The van der Waals surface area contributed by atoms with E-state index in [1.54, 1.807) is 6.26 Å². The van der Waals surface area contributed by atoms with Crippen LogP contribution in [0.2, 0.25) is 0 Å². The van der Waals surface area contributed by atoms with Crippen molar-refractivity contribution in [1.29, 1.82) is 0 Å². The maximum absolute atomic E-state index is 12.2. The van der Waals surface area contributed by atoms with Gasteiger partial charge in [0.1, 0.15) is 0 Å². The van der Waals surface area contributed by atoms with Crippen LogP contribution in [0.1, 0.15) is 76.7 Å². The van der Waals surface area contributed by atoms with Crippen LogP contribution in [0, 0.1) is 28.6 Å². The Hall–Kier alpha value is -1.17. The van der Waals surface area contributed by atoms with Gasteiger partial charge in [-0.3, -0.25) is 0 Å². The van der Waals surface area contributed by atoms with Crippen LogP contribution in [0.15, 0.2) is 27.6 Å². The van der Waals surface area contributed by atoms with Crippen LogP contribution in [0.4, 0.5) is 0 Å². The molecule has 0 saturated heterocycles. The fraction of sp³-hybridized carbons (Fsp3) is 0.792. The molecule has 160 valence electrons. The van der Waals surface area contributed by atoms with Crippen LogP contribution < -0.4 is 5.63 Å². The Morgan fingerprint density at radius 2 is 1.86 bits per heavy atom. The van der Waals surface area contributed by atoms with Gasteiger partial charge in [0.2, 0.25) is 0 Å². The van der Waals surface area contributed by atoms with Crippen molar-refractivity contribution < 1.29 is 19.7 Å². The Labute approximate surface area is 172 Å². The van der Waals surface area contributed by atoms with Crippen molar-refractivity contribution in [2.45, 2.75) is 88.9 Å². The van der Waals surface area contributed by atoms with Crippen molar-refractivity contribution in [2.24, 2.45) is 28.6 Å². The normalized spacial score (nSPS) is 51.8. The third kappa shape index (κ3) is 2.60. The van der Waals surface area contributed by atoms with Crippen LogP contribution in [-0.4, -0.2) is 33.1 Å². The van der Waals surface area contributed by atoms with Crippen molar-refractivity contribution in [3.8, 4) is 0 Å². The Balaban J connectivity index is 1.52. The molecule has 1 heterocycles. The molecule has 5 nitrogen and oxygen atoms in total. The van der Waals surface area contributed by atoms with Gasteiger partial charge in [-0.25, -0.2) is 4.79 Å². The first-order valence-electron chi connectivity index (χ1n) is 11.4. The van der Waals surface area contributed by atoms with E-state index in [0.717, 1.165) is 50.5 Å². The fourth-order valence-electron chi connectivity index (χ4n) is 8.41. The molecule has 0 amide bonds. The lowest BCUT2D eigenvalue weighted by Gasteiger charge is -2.65. The molecule has 4 saturated carbocycles. The fourth-order valence-corrected chi connectivity index (χ4v) is 8.41. The monoisotopic (exact) mass is 402 g/mol. The number of aliphatic hydroxyl groups excluding tert-OH is 2. The van der Waals surface area contributed by atoms with Gasteiger partial charge in [0, 0.05) is 11.5 Å². The number of hydrogen-bond acceptors (Lipinski definition) is 5. The molecule has 1 aromatic heterocycles. The predicted octanol–water partition coefficient (Wildman–Crippen LogP) is 3.21. The topological polar surface area (TPSA) is 90.9 Å². The highest BCUT2D eigenvalue weighted by Crippen LogP contribution is 2.70. The van der Waals surface area contributed by atoms with Crippen molar-refractivity contribution in [3.05, 3.63) is 34.4 Å². The van der Waals surface area contributed by atoms with Crippen LogP contribution in [0.3, 0.4) is 0 Å². The van der Waals surface area contributed by atoms with Crippen LogP contribution in [0.5, 0.6) is 0 Å². The quantitative estimate of drug-likeness (QED) is 0.671. The summed E-state index contributed by atoms with van der Waals surface area (Å²) in [5.41, 5.74) is -0.681. The second kappa shape index (κ2) is 6.41. The van der Waals surface area contributed by atoms with E-state index in [1.165, 1.54) is 6.07 Å². The van der Waals surface area contributed by atoms with Crippen molar-refractivity contribution in [2.75, 3.05) is 0 Å². The molecule has 0 aromatic carbocycles. The zero-order valence-corrected chi connectivity index (χ0v) is 17.5. The summed E-state index contributed by atoms with van der Waals surface area (Å²) in [6, 6.07) is 3.28. The molecule has 4 aliphatic rings. The third-order valence-electron chi connectivity index (χ3n) is 9.89. The van der Waals surface area contributed by atoms with Gasteiger partial charge in [-0.05, 0) is 92.1 Å². The SMILES string of the molecule is C[C@]12CC[C@H](O)C[C@H]1CC[C@H]1[C@@H]2[C@H](O)C[C@]2(C)[C@@H](c3ccc(=O)oc3)CC[C@]12O. The van der Waals surface area contributed by atoms with E-state index in [0.29, 0.717) is 12.3 Å². The summed E-state index contributed by atoms with van der Waals surface area (Å²) in [4.78, 5) is 11.4. The summed E-state index contributed by atoms with van der Waals surface area (Å²) in [5, 5.41) is 33.8. The second-order valence-corrected chi connectivity index (χ2v) is 10.9. The first-order valence-corrected chi connectivity index (χ1v) is 11.4.